The fourth-order valence-electron chi connectivity index (χ4n) is 2.67. The first-order chi connectivity index (χ1) is 13.5. The van der Waals surface area contributed by atoms with Crippen LogP contribution in [-0.2, 0) is 11.3 Å². The minimum atomic E-state index is -0.187. The molecule has 1 aliphatic rings. The van der Waals surface area contributed by atoms with Crippen LogP contribution in [0, 0.1) is 0 Å². The highest BCUT2D eigenvalue weighted by Crippen LogP contribution is 2.29. The predicted molar refractivity (Wildman–Crippen MR) is 116 cm³/mol. The van der Waals surface area contributed by atoms with Gasteiger partial charge in [-0.15, -0.1) is 5.10 Å². The molecule has 0 radical (unpaired) electrons. The van der Waals surface area contributed by atoms with E-state index < -0.39 is 0 Å². The standard InChI is InChI=1S/C20H20BrN3O3S/c1-13-19(25)24(12-14-4-7-17(26-2)8-5-14)20(28-13)23-22-11-15-10-16(21)6-9-18(15)27-3/h4-11,13H,12H2,1-3H3/b22-11+,23-20-. The number of hydrogen-bond acceptors (Lipinski definition) is 6. The molecular weight excluding hydrogens is 442 g/mol. The van der Waals surface area contributed by atoms with Crippen LogP contribution in [0.4, 0.5) is 0 Å². The normalized spacial score (nSPS) is 18.3. The average molecular weight is 462 g/mol. The van der Waals surface area contributed by atoms with Gasteiger partial charge in [-0.1, -0.05) is 39.8 Å². The third kappa shape index (κ3) is 4.74. The molecule has 1 aliphatic heterocycles. The molecule has 28 heavy (non-hydrogen) atoms. The first-order valence-corrected chi connectivity index (χ1v) is 10.2. The lowest BCUT2D eigenvalue weighted by atomic mass is 10.2. The van der Waals surface area contributed by atoms with E-state index >= 15 is 0 Å². The number of benzene rings is 2. The third-order valence-corrected chi connectivity index (χ3v) is 5.72. The van der Waals surface area contributed by atoms with E-state index in [2.05, 4.69) is 26.1 Å². The van der Waals surface area contributed by atoms with Gasteiger partial charge in [0, 0.05) is 10.0 Å². The van der Waals surface area contributed by atoms with E-state index in [0.29, 0.717) is 17.5 Å². The lowest BCUT2D eigenvalue weighted by Gasteiger charge is -2.15. The summed E-state index contributed by atoms with van der Waals surface area (Å²) in [6.45, 7) is 2.31. The minimum absolute atomic E-state index is 0.0230. The van der Waals surface area contributed by atoms with Crippen molar-refractivity contribution in [1.29, 1.82) is 0 Å². The number of carbonyl (C=O) groups is 1. The number of ether oxygens (including phenoxy) is 2. The van der Waals surface area contributed by atoms with Crippen LogP contribution >= 0.6 is 27.7 Å². The molecule has 8 heteroatoms. The Hall–Kier alpha value is -2.32. The minimum Gasteiger partial charge on any atom is -0.497 e. The number of thioether (sulfide) groups is 1. The molecule has 0 N–H and O–H groups in total. The van der Waals surface area contributed by atoms with Crippen molar-refractivity contribution < 1.29 is 14.3 Å². The Balaban J connectivity index is 1.80. The second-order valence-electron chi connectivity index (χ2n) is 6.05. The molecule has 0 aliphatic carbocycles. The van der Waals surface area contributed by atoms with Gasteiger partial charge >= 0.3 is 0 Å². The number of carbonyl (C=O) groups excluding carboxylic acids is 1. The Morgan fingerprint density at radius 3 is 2.61 bits per heavy atom. The van der Waals surface area contributed by atoms with Gasteiger partial charge in [0.1, 0.15) is 11.5 Å². The first kappa shape index (κ1) is 20.4. The van der Waals surface area contributed by atoms with E-state index in [9.17, 15) is 4.79 Å². The van der Waals surface area contributed by atoms with Crippen LogP contribution in [0.5, 0.6) is 11.5 Å². The lowest BCUT2D eigenvalue weighted by Crippen LogP contribution is -2.30. The summed E-state index contributed by atoms with van der Waals surface area (Å²) in [5, 5.41) is 8.88. The monoisotopic (exact) mass is 461 g/mol. The van der Waals surface area contributed by atoms with Crippen LogP contribution in [0.2, 0.25) is 0 Å². The number of halogens is 1. The van der Waals surface area contributed by atoms with E-state index in [1.165, 1.54) is 11.8 Å². The molecule has 6 nitrogen and oxygen atoms in total. The summed E-state index contributed by atoms with van der Waals surface area (Å²) >= 11 is 4.84. The number of rotatable bonds is 6. The highest BCUT2D eigenvalue weighted by Gasteiger charge is 2.35. The van der Waals surface area contributed by atoms with Crippen molar-refractivity contribution in [3.05, 3.63) is 58.1 Å². The summed E-state index contributed by atoms with van der Waals surface area (Å²) in [6, 6.07) is 13.3. The topological polar surface area (TPSA) is 63.5 Å². The Bertz CT molecular complexity index is 915. The molecule has 0 bridgehead atoms. The fourth-order valence-corrected chi connectivity index (χ4v) is 3.97. The van der Waals surface area contributed by atoms with Gasteiger partial charge in [0.25, 0.3) is 0 Å². The average Bonchev–Trinajstić information content (AvgIpc) is 2.96. The Morgan fingerprint density at radius 2 is 1.93 bits per heavy atom. The van der Waals surface area contributed by atoms with Gasteiger partial charge < -0.3 is 9.47 Å². The molecule has 146 valence electrons. The number of hydrogen-bond donors (Lipinski definition) is 0. The summed E-state index contributed by atoms with van der Waals surface area (Å²) in [4.78, 5) is 14.2. The molecule has 0 spiro atoms. The van der Waals surface area contributed by atoms with Crippen molar-refractivity contribution in [3.8, 4) is 11.5 Å². The van der Waals surface area contributed by atoms with Crippen LogP contribution in [0.3, 0.4) is 0 Å². The fraction of sp³-hybridized carbons (Fsp3) is 0.250. The van der Waals surface area contributed by atoms with Crippen LogP contribution in [0.25, 0.3) is 0 Å². The van der Waals surface area contributed by atoms with Crippen LogP contribution in [0.1, 0.15) is 18.1 Å². The lowest BCUT2D eigenvalue weighted by molar-refractivity contribution is -0.126. The molecule has 0 saturated carbocycles. The van der Waals surface area contributed by atoms with Crippen molar-refractivity contribution in [3.63, 3.8) is 0 Å². The highest BCUT2D eigenvalue weighted by atomic mass is 79.9. The van der Waals surface area contributed by atoms with E-state index in [1.54, 1.807) is 25.3 Å². The summed E-state index contributed by atoms with van der Waals surface area (Å²) in [6.07, 6.45) is 1.62. The zero-order chi connectivity index (χ0) is 20.1. The maximum Gasteiger partial charge on any atom is 0.242 e. The van der Waals surface area contributed by atoms with Gasteiger partial charge in [-0.25, -0.2) is 0 Å². The van der Waals surface area contributed by atoms with Crippen LogP contribution < -0.4 is 9.47 Å². The van der Waals surface area contributed by atoms with E-state index in [-0.39, 0.29) is 11.2 Å². The van der Waals surface area contributed by atoms with Crippen molar-refractivity contribution in [1.82, 2.24) is 4.90 Å². The molecule has 1 amide bonds. The quantitative estimate of drug-likeness (QED) is 0.474. The molecule has 1 unspecified atom stereocenters. The van der Waals surface area contributed by atoms with E-state index in [0.717, 1.165) is 21.3 Å². The van der Waals surface area contributed by atoms with Gasteiger partial charge in [-0.05, 0) is 42.8 Å². The van der Waals surface area contributed by atoms with Crippen molar-refractivity contribution in [2.45, 2.75) is 18.7 Å². The van der Waals surface area contributed by atoms with Gasteiger partial charge in [-0.2, -0.15) is 5.10 Å². The number of nitrogens with zero attached hydrogens (tertiary/aromatic N) is 3. The van der Waals surface area contributed by atoms with Crippen molar-refractivity contribution >= 4 is 45.0 Å². The molecule has 0 aromatic heterocycles. The summed E-state index contributed by atoms with van der Waals surface area (Å²) in [5.74, 6) is 1.50. The first-order valence-electron chi connectivity index (χ1n) is 8.57. The summed E-state index contributed by atoms with van der Waals surface area (Å²) in [5.41, 5.74) is 1.79. The third-order valence-electron chi connectivity index (χ3n) is 4.16. The highest BCUT2D eigenvalue weighted by molar-refractivity contribution is 9.10. The maximum absolute atomic E-state index is 12.5. The molecule has 1 heterocycles. The van der Waals surface area contributed by atoms with E-state index in [4.69, 9.17) is 9.47 Å². The molecule has 1 fully saturated rings. The number of amidine groups is 1. The van der Waals surface area contributed by atoms with Gasteiger partial charge in [-0.3, -0.25) is 9.69 Å². The second kappa shape index (κ2) is 9.25. The Morgan fingerprint density at radius 1 is 1.18 bits per heavy atom. The molecule has 2 aromatic rings. The van der Waals surface area contributed by atoms with E-state index in [1.807, 2.05) is 49.4 Å². The zero-order valence-corrected chi connectivity index (χ0v) is 18.2. The van der Waals surface area contributed by atoms with Crippen LogP contribution in [-0.4, -0.2) is 41.7 Å². The van der Waals surface area contributed by atoms with Gasteiger partial charge in [0.2, 0.25) is 5.91 Å². The largest absolute Gasteiger partial charge is 0.497 e. The molecule has 1 saturated heterocycles. The zero-order valence-electron chi connectivity index (χ0n) is 15.8. The molecule has 1 atom stereocenters. The van der Waals surface area contributed by atoms with Gasteiger partial charge in [0.15, 0.2) is 5.17 Å². The maximum atomic E-state index is 12.5. The number of methoxy groups -OCH3 is 2. The van der Waals surface area contributed by atoms with Gasteiger partial charge in [0.05, 0.1) is 32.2 Å². The van der Waals surface area contributed by atoms with Crippen molar-refractivity contribution in [2.75, 3.05) is 14.2 Å². The van der Waals surface area contributed by atoms with Crippen LogP contribution in [0.15, 0.2) is 57.1 Å². The van der Waals surface area contributed by atoms with Crippen molar-refractivity contribution in [2.24, 2.45) is 10.2 Å². The summed E-state index contributed by atoms with van der Waals surface area (Å²) < 4.78 is 11.4. The predicted octanol–water partition coefficient (Wildman–Crippen LogP) is 4.32. The Kier molecular flexibility index (Phi) is 6.74. The number of amides is 1. The molecular formula is C20H20BrN3O3S. The smallest absolute Gasteiger partial charge is 0.242 e. The molecule has 2 aromatic carbocycles. The summed E-state index contributed by atoms with van der Waals surface area (Å²) in [7, 11) is 3.23. The second-order valence-corrected chi connectivity index (χ2v) is 8.27. The SMILES string of the molecule is COc1ccc(CN2C(=O)C(C)S/C2=N\N=C\c2cc(Br)ccc2OC)cc1. The molecule has 3 rings (SSSR count). The Labute approximate surface area is 176 Å².